The normalized spacial score (nSPS) is 37.7. The van der Waals surface area contributed by atoms with Crippen molar-refractivity contribution in [2.24, 2.45) is 29.6 Å². The van der Waals surface area contributed by atoms with Gasteiger partial charge in [0.1, 0.15) is 0 Å². The minimum Gasteiger partial charge on any atom is -0.388 e. The number of aliphatic hydroxyl groups is 1. The number of rotatable bonds is 3. The van der Waals surface area contributed by atoms with Gasteiger partial charge in [-0.05, 0) is 41.6 Å². The van der Waals surface area contributed by atoms with E-state index in [-0.39, 0.29) is 6.10 Å². The fourth-order valence-electron chi connectivity index (χ4n) is 3.71. The molecule has 1 aliphatic carbocycles. The largest absolute Gasteiger partial charge is 0.388 e. The Bertz CT molecular complexity index is 358. The fraction of sp³-hybridized carbons (Fsp3) is 0.647. The highest BCUT2D eigenvalue weighted by Crippen LogP contribution is 2.48. The molecule has 0 aliphatic heterocycles. The van der Waals surface area contributed by atoms with Crippen molar-refractivity contribution in [1.29, 1.82) is 0 Å². The standard InChI is InChI=1S/C17H26O/c1-11-12(2)14(4)16(13(11)3)10-17(18)15-8-6-5-7-9-15/h5-9,11-14,16-18H,10H2,1-4H3. The summed E-state index contributed by atoms with van der Waals surface area (Å²) < 4.78 is 0. The average molecular weight is 246 g/mol. The predicted octanol–water partition coefficient (Wildman–Crippen LogP) is 4.28. The summed E-state index contributed by atoms with van der Waals surface area (Å²) in [6.45, 7) is 9.43. The molecule has 2 rings (SSSR count). The van der Waals surface area contributed by atoms with Gasteiger partial charge in [-0.3, -0.25) is 0 Å². The second-order valence-electron chi connectivity index (χ2n) is 6.26. The molecular weight excluding hydrogens is 220 g/mol. The molecule has 0 amide bonds. The molecule has 0 aromatic heterocycles. The van der Waals surface area contributed by atoms with E-state index < -0.39 is 0 Å². The zero-order chi connectivity index (χ0) is 13.3. The molecule has 1 heteroatoms. The maximum absolute atomic E-state index is 10.4. The molecule has 18 heavy (non-hydrogen) atoms. The number of hydrogen-bond acceptors (Lipinski definition) is 1. The second kappa shape index (κ2) is 5.44. The third-order valence-corrected chi connectivity index (χ3v) is 5.52. The lowest BCUT2D eigenvalue weighted by Gasteiger charge is -2.24. The third-order valence-electron chi connectivity index (χ3n) is 5.52. The molecule has 1 saturated carbocycles. The zero-order valence-corrected chi connectivity index (χ0v) is 12.0. The average Bonchev–Trinajstić information content (AvgIpc) is 2.57. The third kappa shape index (κ3) is 2.47. The van der Waals surface area contributed by atoms with Crippen LogP contribution in [0, 0.1) is 29.6 Å². The molecule has 5 atom stereocenters. The minimum atomic E-state index is -0.307. The topological polar surface area (TPSA) is 20.2 Å². The van der Waals surface area contributed by atoms with E-state index in [0.29, 0.717) is 17.8 Å². The van der Waals surface area contributed by atoms with Crippen molar-refractivity contribution < 1.29 is 5.11 Å². The van der Waals surface area contributed by atoms with Crippen molar-refractivity contribution in [2.75, 3.05) is 0 Å². The summed E-state index contributed by atoms with van der Waals surface area (Å²) in [6, 6.07) is 10.1. The van der Waals surface area contributed by atoms with E-state index in [0.717, 1.165) is 23.8 Å². The first-order chi connectivity index (χ1) is 8.52. The van der Waals surface area contributed by atoms with E-state index in [2.05, 4.69) is 27.7 Å². The maximum Gasteiger partial charge on any atom is 0.0792 e. The van der Waals surface area contributed by atoms with Crippen molar-refractivity contribution in [1.82, 2.24) is 0 Å². The summed E-state index contributed by atoms with van der Waals surface area (Å²) >= 11 is 0. The zero-order valence-electron chi connectivity index (χ0n) is 12.0. The molecule has 1 nitrogen and oxygen atoms in total. The second-order valence-corrected chi connectivity index (χ2v) is 6.26. The fourth-order valence-corrected chi connectivity index (χ4v) is 3.71. The smallest absolute Gasteiger partial charge is 0.0792 e. The summed E-state index contributed by atoms with van der Waals surface area (Å²) in [4.78, 5) is 0. The predicted molar refractivity (Wildman–Crippen MR) is 76.2 cm³/mol. The molecule has 5 unspecified atom stereocenters. The van der Waals surface area contributed by atoms with Gasteiger partial charge in [0.25, 0.3) is 0 Å². The Morgan fingerprint density at radius 1 is 0.889 bits per heavy atom. The molecule has 0 saturated heterocycles. The first kappa shape index (κ1) is 13.6. The summed E-state index contributed by atoms with van der Waals surface area (Å²) in [5.41, 5.74) is 1.06. The van der Waals surface area contributed by atoms with E-state index in [1.54, 1.807) is 0 Å². The summed E-state index contributed by atoms with van der Waals surface area (Å²) in [6.07, 6.45) is 0.597. The summed E-state index contributed by atoms with van der Waals surface area (Å²) in [7, 11) is 0. The van der Waals surface area contributed by atoms with Gasteiger partial charge in [-0.1, -0.05) is 58.0 Å². The number of benzene rings is 1. The molecule has 1 fully saturated rings. The van der Waals surface area contributed by atoms with Crippen LogP contribution in [0.3, 0.4) is 0 Å². The van der Waals surface area contributed by atoms with Crippen LogP contribution in [-0.2, 0) is 0 Å². The highest BCUT2D eigenvalue weighted by atomic mass is 16.3. The van der Waals surface area contributed by atoms with Crippen LogP contribution in [0.5, 0.6) is 0 Å². The van der Waals surface area contributed by atoms with Crippen molar-refractivity contribution in [3.8, 4) is 0 Å². The van der Waals surface area contributed by atoms with Crippen molar-refractivity contribution >= 4 is 0 Å². The van der Waals surface area contributed by atoms with Crippen LogP contribution < -0.4 is 0 Å². The molecule has 1 aliphatic rings. The Morgan fingerprint density at radius 3 is 1.89 bits per heavy atom. The van der Waals surface area contributed by atoms with Gasteiger partial charge >= 0.3 is 0 Å². The van der Waals surface area contributed by atoms with Gasteiger partial charge in [0.05, 0.1) is 6.10 Å². The summed E-state index contributed by atoms with van der Waals surface area (Å²) in [5, 5.41) is 10.4. The molecule has 0 radical (unpaired) electrons. The van der Waals surface area contributed by atoms with E-state index in [4.69, 9.17) is 0 Å². The minimum absolute atomic E-state index is 0.307. The SMILES string of the molecule is CC1C(C)C(C)C(CC(O)c2ccccc2)C1C. The van der Waals surface area contributed by atoms with Crippen molar-refractivity contribution in [3.63, 3.8) is 0 Å². The lowest BCUT2D eigenvalue weighted by atomic mass is 9.83. The van der Waals surface area contributed by atoms with Gasteiger partial charge in [-0.15, -0.1) is 0 Å². The van der Waals surface area contributed by atoms with Crippen molar-refractivity contribution in [3.05, 3.63) is 35.9 Å². The maximum atomic E-state index is 10.4. The van der Waals surface area contributed by atoms with Crippen LogP contribution >= 0.6 is 0 Å². The number of aliphatic hydroxyl groups excluding tert-OH is 1. The van der Waals surface area contributed by atoms with E-state index in [1.807, 2.05) is 30.3 Å². The Kier molecular flexibility index (Phi) is 4.11. The van der Waals surface area contributed by atoms with Gasteiger partial charge in [-0.25, -0.2) is 0 Å². The molecule has 1 aromatic carbocycles. The number of hydrogen-bond donors (Lipinski definition) is 1. The Labute approximate surface area is 111 Å². The molecule has 1 N–H and O–H groups in total. The van der Waals surface area contributed by atoms with Gasteiger partial charge in [-0.2, -0.15) is 0 Å². The first-order valence-corrected chi connectivity index (χ1v) is 7.25. The molecule has 100 valence electrons. The molecule has 0 heterocycles. The quantitative estimate of drug-likeness (QED) is 0.843. The highest BCUT2D eigenvalue weighted by molar-refractivity contribution is 5.17. The van der Waals surface area contributed by atoms with Crippen LogP contribution in [0.2, 0.25) is 0 Å². The van der Waals surface area contributed by atoms with Gasteiger partial charge in [0.2, 0.25) is 0 Å². The Balaban J connectivity index is 2.06. The van der Waals surface area contributed by atoms with Gasteiger partial charge in [0, 0.05) is 0 Å². The summed E-state index contributed by atoms with van der Waals surface area (Å²) in [5.74, 6) is 3.62. The van der Waals surface area contributed by atoms with Gasteiger partial charge < -0.3 is 5.11 Å². The van der Waals surface area contributed by atoms with Crippen LogP contribution in [0.25, 0.3) is 0 Å². The van der Waals surface area contributed by atoms with E-state index in [9.17, 15) is 5.11 Å². The highest BCUT2D eigenvalue weighted by Gasteiger charge is 2.41. The first-order valence-electron chi connectivity index (χ1n) is 7.25. The lowest BCUT2D eigenvalue weighted by molar-refractivity contribution is 0.119. The van der Waals surface area contributed by atoms with Crippen LogP contribution in [0.15, 0.2) is 30.3 Å². The van der Waals surface area contributed by atoms with Crippen LogP contribution in [0.4, 0.5) is 0 Å². The van der Waals surface area contributed by atoms with Crippen molar-refractivity contribution in [2.45, 2.75) is 40.2 Å². The molecule has 0 spiro atoms. The molecule has 1 aromatic rings. The molecule has 0 bridgehead atoms. The monoisotopic (exact) mass is 246 g/mol. The van der Waals surface area contributed by atoms with E-state index in [1.165, 1.54) is 0 Å². The van der Waals surface area contributed by atoms with Crippen LogP contribution in [0.1, 0.15) is 45.8 Å². The lowest BCUT2D eigenvalue weighted by Crippen LogP contribution is -2.16. The molecular formula is C17H26O. The van der Waals surface area contributed by atoms with E-state index >= 15 is 0 Å². The van der Waals surface area contributed by atoms with Gasteiger partial charge in [0.15, 0.2) is 0 Å². The van der Waals surface area contributed by atoms with Crippen LogP contribution in [-0.4, -0.2) is 5.11 Å². The Morgan fingerprint density at radius 2 is 1.39 bits per heavy atom. The Hall–Kier alpha value is -0.820.